The highest BCUT2D eigenvalue weighted by Gasteiger charge is 2.30. The first-order chi connectivity index (χ1) is 14.8. The molecule has 1 amide bonds. The second-order valence-corrected chi connectivity index (χ2v) is 7.10. The van der Waals surface area contributed by atoms with Crippen molar-refractivity contribution in [2.75, 3.05) is 31.6 Å². The van der Waals surface area contributed by atoms with Crippen molar-refractivity contribution in [3.63, 3.8) is 0 Å². The SMILES string of the molecule is O=C(c1cc2c(cn1)c(Nc1cccc(F)c1)nn2CC(F)(F)F)N1CCCOCC1. The summed E-state index contributed by atoms with van der Waals surface area (Å²) < 4.78 is 58.9. The fourth-order valence-electron chi connectivity index (χ4n) is 3.38. The van der Waals surface area contributed by atoms with Gasteiger partial charge in [-0.3, -0.25) is 14.5 Å². The summed E-state index contributed by atoms with van der Waals surface area (Å²) in [6.45, 7) is 0.453. The molecule has 1 aliphatic heterocycles. The van der Waals surface area contributed by atoms with Crippen molar-refractivity contribution in [3.8, 4) is 0 Å². The Kier molecular flexibility index (Phi) is 5.77. The molecular weight excluding hydrogens is 418 g/mol. The minimum absolute atomic E-state index is 0.0232. The minimum atomic E-state index is -4.52. The fraction of sp³-hybridized carbons (Fsp3) is 0.350. The number of carbonyl (C=O) groups is 1. The zero-order valence-electron chi connectivity index (χ0n) is 16.3. The average Bonchev–Trinajstić information content (AvgIpc) is 2.89. The lowest BCUT2D eigenvalue weighted by Crippen LogP contribution is -2.33. The second kappa shape index (κ2) is 8.50. The van der Waals surface area contributed by atoms with Crippen LogP contribution in [-0.4, -0.2) is 58.1 Å². The first-order valence-corrected chi connectivity index (χ1v) is 9.63. The van der Waals surface area contributed by atoms with Gasteiger partial charge in [-0.1, -0.05) is 6.07 Å². The number of hydrogen-bond donors (Lipinski definition) is 1. The van der Waals surface area contributed by atoms with Gasteiger partial charge < -0.3 is 15.0 Å². The molecule has 164 valence electrons. The molecule has 0 radical (unpaired) electrons. The monoisotopic (exact) mass is 437 g/mol. The smallest absolute Gasteiger partial charge is 0.380 e. The van der Waals surface area contributed by atoms with Crippen molar-refractivity contribution in [1.82, 2.24) is 19.7 Å². The first-order valence-electron chi connectivity index (χ1n) is 9.63. The molecule has 0 aliphatic carbocycles. The molecule has 0 bridgehead atoms. The van der Waals surface area contributed by atoms with Crippen LogP contribution in [0.15, 0.2) is 36.5 Å². The van der Waals surface area contributed by atoms with Gasteiger partial charge in [-0.05, 0) is 30.7 Å². The molecule has 3 aromatic rings. The number of nitrogens with zero attached hydrogens (tertiary/aromatic N) is 4. The molecular formula is C20H19F4N5O2. The van der Waals surface area contributed by atoms with E-state index in [1.807, 2.05) is 0 Å². The van der Waals surface area contributed by atoms with Gasteiger partial charge in [0.1, 0.15) is 18.1 Å². The molecule has 1 N–H and O–H groups in total. The van der Waals surface area contributed by atoms with Crippen molar-refractivity contribution < 1.29 is 27.1 Å². The molecule has 1 saturated heterocycles. The number of halogens is 4. The molecule has 3 heterocycles. The molecule has 4 rings (SSSR count). The molecule has 0 unspecified atom stereocenters. The number of carbonyl (C=O) groups excluding carboxylic acids is 1. The van der Waals surface area contributed by atoms with E-state index in [9.17, 15) is 22.4 Å². The number of anilines is 2. The zero-order chi connectivity index (χ0) is 22.0. The van der Waals surface area contributed by atoms with Crippen LogP contribution >= 0.6 is 0 Å². The molecule has 1 fully saturated rings. The fourth-order valence-corrected chi connectivity index (χ4v) is 3.38. The van der Waals surface area contributed by atoms with Crippen LogP contribution in [-0.2, 0) is 11.3 Å². The quantitative estimate of drug-likeness (QED) is 0.630. The van der Waals surface area contributed by atoms with Gasteiger partial charge in [0.15, 0.2) is 5.82 Å². The Bertz CT molecular complexity index is 1090. The van der Waals surface area contributed by atoms with Crippen molar-refractivity contribution in [1.29, 1.82) is 0 Å². The Balaban J connectivity index is 1.72. The Morgan fingerprint density at radius 2 is 2.03 bits per heavy atom. The number of hydrogen-bond acceptors (Lipinski definition) is 5. The van der Waals surface area contributed by atoms with E-state index in [1.54, 1.807) is 11.0 Å². The molecule has 0 spiro atoms. The number of aromatic nitrogens is 3. The van der Waals surface area contributed by atoms with Crippen LogP contribution in [0.2, 0.25) is 0 Å². The summed E-state index contributed by atoms with van der Waals surface area (Å²) in [6.07, 6.45) is -2.55. The van der Waals surface area contributed by atoms with E-state index < -0.39 is 18.5 Å². The topological polar surface area (TPSA) is 72.3 Å². The largest absolute Gasteiger partial charge is 0.408 e. The van der Waals surface area contributed by atoms with E-state index in [1.165, 1.54) is 30.5 Å². The summed E-state index contributed by atoms with van der Waals surface area (Å²) >= 11 is 0. The maximum Gasteiger partial charge on any atom is 0.408 e. The highest BCUT2D eigenvalue weighted by atomic mass is 19.4. The Labute approximate surface area is 174 Å². The number of fused-ring (bicyclic) bond motifs is 1. The lowest BCUT2D eigenvalue weighted by atomic mass is 10.2. The number of alkyl halides is 3. The summed E-state index contributed by atoms with van der Waals surface area (Å²) in [4.78, 5) is 18.6. The maximum atomic E-state index is 13.5. The van der Waals surface area contributed by atoms with Gasteiger partial charge in [-0.2, -0.15) is 18.3 Å². The number of pyridine rings is 1. The van der Waals surface area contributed by atoms with Gasteiger partial charge in [-0.15, -0.1) is 0 Å². The number of rotatable bonds is 4. The van der Waals surface area contributed by atoms with E-state index in [0.717, 1.165) is 4.68 Å². The van der Waals surface area contributed by atoms with E-state index in [2.05, 4.69) is 15.4 Å². The highest BCUT2D eigenvalue weighted by molar-refractivity contribution is 5.98. The van der Waals surface area contributed by atoms with Gasteiger partial charge in [0.25, 0.3) is 5.91 Å². The maximum absolute atomic E-state index is 13.5. The van der Waals surface area contributed by atoms with E-state index in [-0.39, 0.29) is 28.3 Å². The number of amides is 1. The van der Waals surface area contributed by atoms with Crippen molar-refractivity contribution in [2.24, 2.45) is 0 Å². The van der Waals surface area contributed by atoms with Crippen LogP contribution in [0, 0.1) is 5.82 Å². The third kappa shape index (κ3) is 4.93. The molecule has 1 aromatic carbocycles. The highest BCUT2D eigenvalue weighted by Crippen LogP contribution is 2.29. The lowest BCUT2D eigenvalue weighted by Gasteiger charge is -2.19. The van der Waals surface area contributed by atoms with Crippen LogP contribution in [0.4, 0.5) is 29.1 Å². The Morgan fingerprint density at radius 1 is 1.19 bits per heavy atom. The van der Waals surface area contributed by atoms with E-state index in [4.69, 9.17) is 4.74 Å². The van der Waals surface area contributed by atoms with Gasteiger partial charge >= 0.3 is 6.18 Å². The van der Waals surface area contributed by atoms with Gasteiger partial charge in [0.2, 0.25) is 0 Å². The van der Waals surface area contributed by atoms with Crippen molar-refractivity contribution >= 4 is 28.3 Å². The Hall–Kier alpha value is -3.21. The summed E-state index contributed by atoms with van der Waals surface area (Å²) in [5.74, 6) is -0.803. The second-order valence-electron chi connectivity index (χ2n) is 7.10. The van der Waals surface area contributed by atoms with Crippen LogP contribution < -0.4 is 5.32 Å². The van der Waals surface area contributed by atoms with Crippen LogP contribution in [0.3, 0.4) is 0 Å². The summed E-state index contributed by atoms with van der Waals surface area (Å²) in [5, 5.41) is 7.11. The van der Waals surface area contributed by atoms with Gasteiger partial charge in [-0.25, -0.2) is 4.39 Å². The standard InChI is InChI=1S/C20H19F4N5O2/c21-13-3-1-4-14(9-13)26-18-15-11-25-16(19(30)28-5-2-7-31-8-6-28)10-17(15)29(27-18)12-20(22,23)24/h1,3-4,9-11H,2,5-8,12H2,(H,26,27). The summed E-state index contributed by atoms with van der Waals surface area (Å²) in [5.41, 5.74) is 0.443. The molecule has 0 saturated carbocycles. The Morgan fingerprint density at radius 3 is 2.81 bits per heavy atom. The lowest BCUT2D eigenvalue weighted by molar-refractivity contribution is -0.141. The first kappa shape index (κ1) is 21.0. The molecule has 2 aromatic heterocycles. The van der Waals surface area contributed by atoms with Crippen LogP contribution in [0.1, 0.15) is 16.9 Å². The van der Waals surface area contributed by atoms with Crippen molar-refractivity contribution in [2.45, 2.75) is 19.1 Å². The molecule has 31 heavy (non-hydrogen) atoms. The summed E-state index contributed by atoms with van der Waals surface area (Å²) in [6, 6.07) is 6.77. The third-order valence-electron chi connectivity index (χ3n) is 4.78. The van der Waals surface area contributed by atoms with Gasteiger partial charge in [0, 0.05) is 31.6 Å². The molecule has 0 atom stereocenters. The predicted octanol–water partition coefficient (Wildman–Crippen LogP) is 3.74. The zero-order valence-corrected chi connectivity index (χ0v) is 16.3. The predicted molar refractivity (Wildman–Crippen MR) is 105 cm³/mol. The number of ether oxygens (including phenoxy) is 1. The van der Waals surface area contributed by atoms with Crippen molar-refractivity contribution in [3.05, 3.63) is 48.0 Å². The van der Waals surface area contributed by atoms with E-state index >= 15 is 0 Å². The number of nitrogens with one attached hydrogen (secondary N) is 1. The normalized spacial score (nSPS) is 15.2. The number of benzene rings is 1. The summed E-state index contributed by atoms with van der Waals surface area (Å²) in [7, 11) is 0. The molecule has 7 nitrogen and oxygen atoms in total. The molecule has 1 aliphatic rings. The van der Waals surface area contributed by atoms with E-state index in [0.29, 0.717) is 38.4 Å². The molecule has 11 heteroatoms. The van der Waals surface area contributed by atoms with Gasteiger partial charge in [0.05, 0.1) is 17.5 Å². The minimum Gasteiger partial charge on any atom is -0.380 e. The van der Waals surface area contributed by atoms with Crippen LogP contribution in [0.5, 0.6) is 0 Å². The average molecular weight is 437 g/mol. The third-order valence-corrected chi connectivity index (χ3v) is 4.78. The van der Waals surface area contributed by atoms with Crippen LogP contribution in [0.25, 0.3) is 10.9 Å².